The number of halogens is 3. The highest BCUT2D eigenvalue weighted by Gasteiger charge is 2.32. The first-order valence-corrected chi connectivity index (χ1v) is 11.3. The molecule has 0 radical (unpaired) electrons. The van der Waals surface area contributed by atoms with Gasteiger partial charge in [-0.25, -0.2) is 0 Å². The van der Waals surface area contributed by atoms with Crippen molar-refractivity contribution in [3.05, 3.63) is 65.2 Å². The van der Waals surface area contributed by atoms with Crippen molar-refractivity contribution >= 4 is 17.3 Å². The van der Waals surface area contributed by atoms with Gasteiger partial charge in [0.15, 0.2) is 6.10 Å². The van der Waals surface area contributed by atoms with Crippen molar-refractivity contribution in [2.24, 2.45) is 10.6 Å². The van der Waals surface area contributed by atoms with E-state index in [1.54, 1.807) is 11.0 Å². The van der Waals surface area contributed by atoms with Gasteiger partial charge in [0.05, 0.1) is 17.8 Å². The zero-order valence-corrected chi connectivity index (χ0v) is 20.3. The molecule has 1 unspecified atom stereocenters. The summed E-state index contributed by atoms with van der Waals surface area (Å²) in [5, 5.41) is 4.22. The molecule has 184 valence electrons. The minimum atomic E-state index is -4.43. The van der Waals surface area contributed by atoms with Gasteiger partial charge in [-0.15, -0.1) is 0 Å². The Morgan fingerprint density at radius 2 is 1.76 bits per heavy atom. The number of benzene rings is 2. The molecule has 0 saturated carbocycles. The van der Waals surface area contributed by atoms with Gasteiger partial charge in [0.1, 0.15) is 0 Å². The summed E-state index contributed by atoms with van der Waals surface area (Å²) in [6.45, 7) is 6.19. The maximum Gasteiger partial charge on any atom is 0.416 e. The van der Waals surface area contributed by atoms with E-state index in [-0.39, 0.29) is 36.9 Å². The fourth-order valence-corrected chi connectivity index (χ4v) is 3.78. The Morgan fingerprint density at radius 1 is 1.09 bits per heavy atom. The quantitative estimate of drug-likeness (QED) is 0.514. The largest absolute Gasteiger partial charge is 0.416 e. The monoisotopic (exact) mass is 475 g/mol. The molecule has 0 fully saturated rings. The maximum atomic E-state index is 13.2. The lowest BCUT2D eigenvalue weighted by molar-refractivity contribution is -0.137. The van der Waals surface area contributed by atoms with Gasteiger partial charge in [0.25, 0.3) is 0 Å². The zero-order valence-electron chi connectivity index (χ0n) is 20.3. The van der Waals surface area contributed by atoms with Crippen LogP contribution in [0.25, 0.3) is 0 Å². The van der Waals surface area contributed by atoms with Crippen molar-refractivity contribution in [3.63, 3.8) is 0 Å². The molecule has 34 heavy (non-hydrogen) atoms. The molecule has 0 aromatic heterocycles. The molecule has 0 spiro atoms. The first-order valence-electron chi connectivity index (χ1n) is 11.3. The van der Waals surface area contributed by atoms with Crippen molar-refractivity contribution in [1.82, 2.24) is 4.90 Å². The number of carbonyl (C=O) groups excluding carboxylic acids is 1. The summed E-state index contributed by atoms with van der Waals surface area (Å²) in [7, 11) is 3.93. The van der Waals surface area contributed by atoms with E-state index in [0.717, 1.165) is 29.1 Å². The number of alkyl halides is 3. The lowest BCUT2D eigenvalue weighted by Gasteiger charge is -2.28. The second-order valence-electron chi connectivity index (χ2n) is 10.1. The molecule has 2 aromatic rings. The van der Waals surface area contributed by atoms with E-state index in [0.29, 0.717) is 12.0 Å². The number of rotatable bonds is 7. The van der Waals surface area contributed by atoms with Crippen molar-refractivity contribution in [3.8, 4) is 0 Å². The van der Waals surface area contributed by atoms with Crippen LogP contribution in [0.3, 0.4) is 0 Å². The molecule has 1 aliphatic rings. The second kappa shape index (κ2) is 10.1. The Morgan fingerprint density at radius 3 is 2.35 bits per heavy atom. The highest BCUT2D eigenvalue weighted by atomic mass is 19.4. The first-order chi connectivity index (χ1) is 15.8. The third-order valence-electron chi connectivity index (χ3n) is 5.54. The van der Waals surface area contributed by atoms with Crippen LogP contribution in [0.15, 0.2) is 53.7 Å². The molecule has 1 aliphatic heterocycles. The van der Waals surface area contributed by atoms with Gasteiger partial charge in [-0.05, 0) is 40.8 Å². The fraction of sp³-hybridized carbons (Fsp3) is 0.462. The standard InChI is InChI=1S/C26H32F3N3O2/c1-25(2,3)15-24(33)32(16-18-7-6-8-20(13-18)26(27,28)29)17-22-14-23(30-34-22)19-9-11-21(12-10-19)31(4)5/h6-13,22H,14-17H2,1-5H3. The average molecular weight is 476 g/mol. The van der Waals surface area contributed by atoms with Gasteiger partial charge in [0.2, 0.25) is 5.91 Å². The van der Waals surface area contributed by atoms with Gasteiger partial charge in [-0.3, -0.25) is 4.79 Å². The average Bonchev–Trinajstić information content (AvgIpc) is 3.20. The van der Waals surface area contributed by atoms with Crippen LogP contribution >= 0.6 is 0 Å². The maximum absolute atomic E-state index is 13.2. The van der Waals surface area contributed by atoms with Gasteiger partial charge >= 0.3 is 6.18 Å². The van der Waals surface area contributed by atoms with Crippen LogP contribution in [0.1, 0.15) is 50.3 Å². The fourth-order valence-electron chi connectivity index (χ4n) is 3.78. The normalized spacial score (nSPS) is 16.1. The molecule has 3 rings (SSSR count). The topological polar surface area (TPSA) is 45.1 Å². The zero-order chi connectivity index (χ0) is 25.1. The summed E-state index contributed by atoms with van der Waals surface area (Å²) in [5.74, 6) is -0.128. The molecule has 0 aliphatic carbocycles. The Balaban J connectivity index is 1.73. The minimum absolute atomic E-state index is 0.0750. The Bertz CT molecular complexity index is 1020. The van der Waals surface area contributed by atoms with Gasteiger partial charge in [-0.2, -0.15) is 13.2 Å². The summed E-state index contributed by atoms with van der Waals surface area (Å²) < 4.78 is 39.5. The van der Waals surface area contributed by atoms with E-state index >= 15 is 0 Å². The number of carbonyl (C=O) groups is 1. The molecule has 0 N–H and O–H groups in total. The number of hydrogen-bond donors (Lipinski definition) is 0. The third-order valence-corrected chi connectivity index (χ3v) is 5.54. The molecule has 1 amide bonds. The molecule has 8 heteroatoms. The molecular formula is C26H32F3N3O2. The van der Waals surface area contributed by atoms with Crippen LogP contribution in [0.2, 0.25) is 0 Å². The number of hydrogen-bond acceptors (Lipinski definition) is 4. The molecule has 0 saturated heterocycles. The lowest BCUT2D eigenvalue weighted by atomic mass is 9.91. The van der Waals surface area contributed by atoms with Crippen LogP contribution in [0.5, 0.6) is 0 Å². The molecular weight excluding hydrogens is 443 g/mol. The van der Waals surface area contributed by atoms with E-state index in [1.807, 2.05) is 64.0 Å². The van der Waals surface area contributed by atoms with E-state index in [4.69, 9.17) is 4.84 Å². The van der Waals surface area contributed by atoms with Crippen LogP contribution < -0.4 is 4.90 Å². The lowest BCUT2D eigenvalue weighted by Crippen LogP contribution is -2.38. The van der Waals surface area contributed by atoms with Crippen LogP contribution in [-0.2, 0) is 22.4 Å². The first kappa shape index (κ1) is 25.6. The third kappa shape index (κ3) is 6.98. The molecule has 2 aromatic carbocycles. The highest BCUT2D eigenvalue weighted by Crippen LogP contribution is 2.30. The van der Waals surface area contributed by atoms with Crippen molar-refractivity contribution in [2.45, 2.75) is 52.4 Å². The summed E-state index contributed by atoms with van der Waals surface area (Å²) in [6, 6.07) is 13.1. The summed E-state index contributed by atoms with van der Waals surface area (Å²) in [4.78, 5) is 22.3. The predicted octanol–water partition coefficient (Wildman–Crippen LogP) is 5.73. The Kier molecular flexibility index (Phi) is 7.58. The molecule has 5 nitrogen and oxygen atoms in total. The van der Waals surface area contributed by atoms with Gasteiger partial charge in [-0.1, -0.05) is 50.2 Å². The highest BCUT2D eigenvalue weighted by molar-refractivity contribution is 6.01. The Hall–Kier alpha value is -3.03. The Labute approximate surface area is 199 Å². The van der Waals surface area contributed by atoms with Crippen LogP contribution in [0.4, 0.5) is 18.9 Å². The predicted molar refractivity (Wildman–Crippen MR) is 128 cm³/mol. The smallest absolute Gasteiger partial charge is 0.390 e. The SMILES string of the molecule is CN(C)c1ccc(C2=NOC(CN(Cc3cccc(C(F)(F)F)c3)C(=O)CC(C)(C)C)C2)cc1. The van der Waals surface area contributed by atoms with Crippen LogP contribution in [0, 0.1) is 5.41 Å². The van der Waals surface area contributed by atoms with E-state index in [1.165, 1.54) is 6.07 Å². The number of nitrogens with zero attached hydrogens (tertiary/aromatic N) is 3. The van der Waals surface area contributed by atoms with Crippen molar-refractivity contribution in [2.75, 3.05) is 25.5 Å². The summed E-state index contributed by atoms with van der Waals surface area (Å²) in [5.41, 5.74) is 2.25. The van der Waals surface area contributed by atoms with E-state index in [2.05, 4.69) is 5.16 Å². The van der Waals surface area contributed by atoms with E-state index < -0.39 is 11.7 Å². The minimum Gasteiger partial charge on any atom is -0.390 e. The van der Waals surface area contributed by atoms with Gasteiger partial charge < -0.3 is 14.6 Å². The van der Waals surface area contributed by atoms with Gasteiger partial charge in [0, 0.05) is 39.2 Å². The molecule has 0 bridgehead atoms. The number of amides is 1. The van der Waals surface area contributed by atoms with Crippen molar-refractivity contribution in [1.29, 1.82) is 0 Å². The number of oxime groups is 1. The molecule has 1 heterocycles. The summed E-state index contributed by atoms with van der Waals surface area (Å²) in [6.07, 6.45) is -4.00. The van der Waals surface area contributed by atoms with Crippen LogP contribution in [-0.4, -0.2) is 43.3 Å². The number of anilines is 1. The molecule has 1 atom stereocenters. The summed E-state index contributed by atoms with van der Waals surface area (Å²) >= 11 is 0. The second-order valence-corrected chi connectivity index (χ2v) is 10.1. The van der Waals surface area contributed by atoms with Crippen molar-refractivity contribution < 1.29 is 22.8 Å². The van der Waals surface area contributed by atoms with E-state index in [9.17, 15) is 18.0 Å².